The Morgan fingerprint density at radius 2 is 2.38 bits per heavy atom. The van der Waals surface area contributed by atoms with Gasteiger partial charge in [-0.05, 0) is 25.5 Å². The lowest BCUT2D eigenvalue weighted by Gasteiger charge is -2.02. The molecule has 0 radical (unpaired) electrons. The van der Waals surface area contributed by atoms with Gasteiger partial charge in [0.05, 0.1) is 12.8 Å². The van der Waals surface area contributed by atoms with E-state index in [2.05, 4.69) is 10.1 Å². The van der Waals surface area contributed by atoms with Crippen LogP contribution in [0.2, 0.25) is 5.15 Å². The molecular formula is C10H10ClN3O2. The molecule has 0 unspecified atom stereocenters. The van der Waals surface area contributed by atoms with E-state index in [-0.39, 0.29) is 5.69 Å². The highest BCUT2D eigenvalue weighted by Gasteiger charge is 2.15. The number of fused-ring (bicyclic) bond motifs is 1. The third kappa shape index (κ3) is 1.74. The van der Waals surface area contributed by atoms with Gasteiger partial charge in [-0.15, -0.1) is 0 Å². The second kappa shape index (κ2) is 4.09. The summed E-state index contributed by atoms with van der Waals surface area (Å²) in [6.45, 7) is 3.91. The van der Waals surface area contributed by atoms with E-state index < -0.39 is 5.97 Å². The van der Waals surface area contributed by atoms with Gasteiger partial charge in [0.1, 0.15) is 5.15 Å². The summed E-state index contributed by atoms with van der Waals surface area (Å²) < 4.78 is 6.29. The van der Waals surface area contributed by atoms with Gasteiger partial charge >= 0.3 is 5.97 Å². The van der Waals surface area contributed by atoms with Crippen molar-refractivity contribution >= 4 is 23.2 Å². The molecule has 0 spiro atoms. The molecule has 0 N–H and O–H groups in total. The fourth-order valence-corrected chi connectivity index (χ4v) is 1.67. The molecule has 0 aromatic carbocycles. The van der Waals surface area contributed by atoms with Gasteiger partial charge in [0, 0.05) is 0 Å². The van der Waals surface area contributed by atoms with Gasteiger partial charge < -0.3 is 4.74 Å². The van der Waals surface area contributed by atoms with E-state index in [4.69, 9.17) is 16.3 Å². The van der Waals surface area contributed by atoms with Crippen molar-refractivity contribution in [2.75, 3.05) is 6.61 Å². The molecule has 0 aliphatic heterocycles. The Morgan fingerprint density at radius 1 is 1.62 bits per heavy atom. The Hall–Kier alpha value is -1.62. The van der Waals surface area contributed by atoms with E-state index in [1.165, 1.54) is 10.7 Å². The SMILES string of the molecule is CCOC(=O)c1cnc2c(C)cc(Cl)nn12. The largest absolute Gasteiger partial charge is 0.461 e. The smallest absolute Gasteiger partial charge is 0.358 e. The first-order valence-corrected chi connectivity index (χ1v) is 5.19. The summed E-state index contributed by atoms with van der Waals surface area (Å²) in [5.74, 6) is -0.454. The molecule has 84 valence electrons. The zero-order valence-electron chi connectivity index (χ0n) is 8.90. The van der Waals surface area contributed by atoms with Crippen LogP contribution in [0.25, 0.3) is 5.65 Å². The zero-order valence-corrected chi connectivity index (χ0v) is 9.65. The standard InChI is InChI=1S/C10H10ClN3O2/c1-3-16-10(15)7-5-12-9-6(2)4-8(11)13-14(7)9/h4-5H,3H2,1-2H3. The number of carbonyl (C=O) groups excluding carboxylic acids is 1. The summed E-state index contributed by atoms with van der Waals surface area (Å²) in [4.78, 5) is 15.7. The van der Waals surface area contributed by atoms with Crippen LogP contribution >= 0.6 is 11.6 Å². The van der Waals surface area contributed by atoms with Crippen molar-refractivity contribution in [1.29, 1.82) is 0 Å². The maximum atomic E-state index is 11.6. The molecule has 0 bridgehead atoms. The topological polar surface area (TPSA) is 56.5 Å². The van der Waals surface area contributed by atoms with E-state index in [1.807, 2.05) is 6.92 Å². The fraction of sp³-hybridized carbons (Fsp3) is 0.300. The van der Waals surface area contributed by atoms with Gasteiger partial charge in [0.2, 0.25) is 0 Å². The summed E-state index contributed by atoms with van der Waals surface area (Å²) in [6.07, 6.45) is 1.43. The minimum absolute atomic E-state index is 0.280. The monoisotopic (exact) mass is 239 g/mol. The average Bonchev–Trinajstić information content (AvgIpc) is 2.61. The maximum Gasteiger partial charge on any atom is 0.358 e. The summed E-state index contributed by atoms with van der Waals surface area (Å²) in [6, 6.07) is 1.69. The Labute approximate surface area is 97.0 Å². The average molecular weight is 240 g/mol. The highest BCUT2D eigenvalue weighted by Crippen LogP contribution is 2.14. The van der Waals surface area contributed by atoms with Crippen molar-refractivity contribution in [2.45, 2.75) is 13.8 Å². The van der Waals surface area contributed by atoms with Crippen molar-refractivity contribution in [3.63, 3.8) is 0 Å². The number of nitrogens with zero attached hydrogens (tertiary/aromatic N) is 3. The van der Waals surface area contributed by atoms with Gasteiger partial charge in [-0.2, -0.15) is 5.10 Å². The van der Waals surface area contributed by atoms with E-state index in [1.54, 1.807) is 13.0 Å². The lowest BCUT2D eigenvalue weighted by Crippen LogP contribution is -2.09. The second-order valence-electron chi connectivity index (χ2n) is 3.25. The molecule has 0 saturated heterocycles. The van der Waals surface area contributed by atoms with Crippen LogP contribution in [-0.2, 0) is 4.74 Å². The van der Waals surface area contributed by atoms with Crippen LogP contribution in [0, 0.1) is 6.92 Å². The van der Waals surface area contributed by atoms with E-state index in [0.29, 0.717) is 17.4 Å². The number of hydrogen-bond donors (Lipinski definition) is 0. The van der Waals surface area contributed by atoms with Gasteiger partial charge in [-0.1, -0.05) is 11.6 Å². The van der Waals surface area contributed by atoms with Gasteiger partial charge in [0.25, 0.3) is 0 Å². The fourth-order valence-electron chi connectivity index (χ4n) is 1.43. The Bertz CT molecular complexity index is 550. The Kier molecular flexibility index (Phi) is 2.78. The number of rotatable bonds is 2. The molecule has 0 fully saturated rings. The maximum absolute atomic E-state index is 11.6. The van der Waals surface area contributed by atoms with Crippen molar-refractivity contribution in [2.24, 2.45) is 0 Å². The van der Waals surface area contributed by atoms with E-state index in [9.17, 15) is 4.79 Å². The lowest BCUT2D eigenvalue weighted by atomic mass is 10.3. The molecule has 5 nitrogen and oxygen atoms in total. The number of aryl methyl sites for hydroxylation is 1. The van der Waals surface area contributed by atoms with E-state index in [0.717, 1.165) is 5.56 Å². The summed E-state index contributed by atoms with van der Waals surface area (Å²) in [5.41, 5.74) is 1.74. The van der Waals surface area contributed by atoms with Crippen LogP contribution < -0.4 is 0 Å². The zero-order chi connectivity index (χ0) is 11.7. The Balaban J connectivity index is 2.60. The molecule has 0 atom stereocenters. The summed E-state index contributed by atoms with van der Waals surface area (Å²) >= 11 is 5.82. The first-order valence-electron chi connectivity index (χ1n) is 4.81. The van der Waals surface area contributed by atoms with Crippen LogP contribution in [0.4, 0.5) is 0 Å². The summed E-state index contributed by atoms with van der Waals surface area (Å²) in [5, 5.41) is 4.33. The predicted octanol–water partition coefficient (Wildman–Crippen LogP) is 1.87. The van der Waals surface area contributed by atoms with Gasteiger partial charge in [0.15, 0.2) is 11.3 Å². The molecule has 0 aliphatic rings. The van der Waals surface area contributed by atoms with Crippen molar-refractivity contribution in [3.8, 4) is 0 Å². The number of carbonyl (C=O) groups is 1. The van der Waals surface area contributed by atoms with Crippen LogP contribution in [-0.4, -0.2) is 27.2 Å². The molecule has 2 heterocycles. The van der Waals surface area contributed by atoms with Crippen LogP contribution in [0.1, 0.15) is 23.0 Å². The van der Waals surface area contributed by atoms with E-state index >= 15 is 0 Å². The van der Waals surface area contributed by atoms with Crippen molar-refractivity contribution in [1.82, 2.24) is 14.6 Å². The number of hydrogen-bond acceptors (Lipinski definition) is 4. The molecule has 6 heteroatoms. The van der Waals surface area contributed by atoms with Crippen LogP contribution in [0.5, 0.6) is 0 Å². The number of halogens is 1. The number of imidazole rings is 1. The van der Waals surface area contributed by atoms with Crippen molar-refractivity contribution in [3.05, 3.63) is 28.7 Å². The molecule has 2 rings (SSSR count). The highest BCUT2D eigenvalue weighted by atomic mass is 35.5. The minimum Gasteiger partial charge on any atom is -0.461 e. The molecule has 0 saturated carbocycles. The van der Waals surface area contributed by atoms with Crippen molar-refractivity contribution < 1.29 is 9.53 Å². The van der Waals surface area contributed by atoms with Gasteiger partial charge in [-0.25, -0.2) is 14.3 Å². The second-order valence-corrected chi connectivity index (χ2v) is 3.64. The lowest BCUT2D eigenvalue weighted by molar-refractivity contribution is 0.0517. The molecule has 0 aliphatic carbocycles. The number of aromatic nitrogens is 3. The normalized spacial score (nSPS) is 10.7. The molecule has 0 amide bonds. The predicted molar refractivity (Wildman–Crippen MR) is 58.7 cm³/mol. The minimum atomic E-state index is -0.454. The highest BCUT2D eigenvalue weighted by molar-refractivity contribution is 6.29. The quantitative estimate of drug-likeness (QED) is 0.751. The number of ether oxygens (including phenoxy) is 1. The van der Waals surface area contributed by atoms with Crippen LogP contribution in [0.3, 0.4) is 0 Å². The molecule has 2 aromatic heterocycles. The first kappa shape index (κ1) is 10.9. The summed E-state index contributed by atoms with van der Waals surface area (Å²) in [7, 11) is 0. The first-order chi connectivity index (χ1) is 7.63. The molecule has 2 aromatic rings. The third-order valence-corrected chi connectivity index (χ3v) is 2.29. The number of esters is 1. The third-order valence-electron chi connectivity index (χ3n) is 2.11. The Morgan fingerprint density at radius 3 is 3.06 bits per heavy atom. The molecular weight excluding hydrogens is 230 g/mol. The molecule has 16 heavy (non-hydrogen) atoms. The van der Waals surface area contributed by atoms with Gasteiger partial charge in [-0.3, -0.25) is 0 Å². The van der Waals surface area contributed by atoms with Crippen LogP contribution in [0.15, 0.2) is 12.3 Å².